The predicted octanol–water partition coefficient (Wildman–Crippen LogP) is 3.42. The lowest BCUT2D eigenvalue weighted by atomic mass is 10.2. The van der Waals surface area contributed by atoms with Gasteiger partial charge in [0.1, 0.15) is 11.5 Å². The van der Waals surface area contributed by atoms with E-state index in [1.54, 1.807) is 33.7 Å². The average Bonchev–Trinajstić information content (AvgIpc) is 3.17. The van der Waals surface area contributed by atoms with E-state index in [1.807, 2.05) is 24.3 Å². The molecule has 2 heterocycles. The normalized spacial score (nSPS) is 10.5. The molecule has 1 aromatic carbocycles. The highest BCUT2D eigenvalue weighted by Gasteiger charge is 2.10. The zero-order valence-electron chi connectivity index (χ0n) is 15.4. The molecular weight excluding hydrogens is 366 g/mol. The van der Waals surface area contributed by atoms with Crippen LogP contribution in [0, 0.1) is 0 Å². The topological polar surface area (TPSA) is 90.4 Å². The van der Waals surface area contributed by atoms with Crippen molar-refractivity contribution in [3.05, 3.63) is 36.7 Å². The molecule has 9 heteroatoms. The summed E-state index contributed by atoms with van der Waals surface area (Å²) >= 11 is 1.52. The standard InChI is InChI=1S/C18H21N5O3S/c1-24-9-8-20-18-21-11-16(27-18)13-6-7-19-17(22-13)23-14-10-12(25-2)4-5-15(14)26-3/h4-7,10-11H,8-9H2,1-3H3,(H,20,21)(H,19,22,23). The summed E-state index contributed by atoms with van der Waals surface area (Å²) in [5.41, 5.74) is 1.51. The summed E-state index contributed by atoms with van der Waals surface area (Å²) in [4.78, 5) is 14.2. The number of nitrogens with zero attached hydrogens (tertiary/aromatic N) is 3. The molecule has 142 valence electrons. The number of benzene rings is 1. The lowest BCUT2D eigenvalue weighted by molar-refractivity contribution is 0.211. The molecule has 2 aromatic heterocycles. The third-order valence-electron chi connectivity index (χ3n) is 3.65. The molecule has 2 N–H and O–H groups in total. The molecule has 8 nitrogen and oxygen atoms in total. The number of anilines is 3. The minimum Gasteiger partial charge on any atom is -0.497 e. The van der Waals surface area contributed by atoms with Gasteiger partial charge in [-0.15, -0.1) is 0 Å². The van der Waals surface area contributed by atoms with Gasteiger partial charge >= 0.3 is 0 Å². The molecule has 0 aliphatic carbocycles. The number of ether oxygens (including phenoxy) is 3. The highest BCUT2D eigenvalue weighted by atomic mass is 32.1. The maximum Gasteiger partial charge on any atom is 0.227 e. The molecular formula is C18H21N5O3S. The summed E-state index contributed by atoms with van der Waals surface area (Å²) in [5.74, 6) is 1.84. The van der Waals surface area contributed by atoms with E-state index in [4.69, 9.17) is 14.2 Å². The van der Waals surface area contributed by atoms with Gasteiger partial charge in [-0.25, -0.2) is 15.0 Å². The van der Waals surface area contributed by atoms with E-state index in [0.717, 1.165) is 21.4 Å². The van der Waals surface area contributed by atoms with Crippen LogP contribution >= 0.6 is 11.3 Å². The van der Waals surface area contributed by atoms with Gasteiger partial charge in [-0.3, -0.25) is 0 Å². The number of thiazole rings is 1. The zero-order valence-corrected chi connectivity index (χ0v) is 16.2. The second-order valence-electron chi connectivity index (χ2n) is 5.41. The van der Waals surface area contributed by atoms with E-state index in [1.165, 1.54) is 11.3 Å². The molecule has 3 rings (SSSR count). The van der Waals surface area contributed by atoms with Crippen LogP contribution in [0.1, 0.15) is 0 Å². The quantitative estimate of drug-likeness (QED) is 0.540. The van der Waals surface area contributed by atoms with E-state index in [2.05, 4.69) is 25.6 Å². The summed E-state index contributed by atoms with van der Waals surface area (Å²) in [6, 6.07) is 7.34. The van der Waals surface area contributed by atoms with Crippen LogP contribution in [0.25, 0.3) is 10.6 Å². The van der Waals surface area contributed by atoms with Crippen LogP contribution in [0.4, 0.5) is 16.8 Å². The summed E-state index contributed by atoms with van der Waals surface area (Å²) in [7, 11) is 4.89. The Bertz CT molecular complexity index is 887. The first kappa shape index (κ1) is 18.9. The van der Waals surface area contributed by atoms with Crippen molar-refractivity contribution in [2.24, 2.45) is 0 Å². The second-order valence-corrected chi connectivity index (χ2v) is 6.44. The molecule has 3 aromatic rings. The van der Waals surface area contributed by atoms with Crippen molar-refractivity contribution in [2.75, 3.05) is 45.1 Å². The molecule has 0 unspecified atom stereocenters. The summed E-state index contributed by atoms with van der Waals surface area (Å²) < 4.78 is 15.7. The maximum atomic E-state index is 5.38. The largest absolute Gasteiger partial charge is 0.497 e. The van der Waals surface area contributed by atoms with Crippen molar-refractivity contribution in [1.82, 2.24) is 15.0 Å². The van der Waals surface area contributed by atoms with Crippen LogP contribution < -0.4 is 20.1 Å². The summed E-state index contributed by atoms with van der Waals surface area (Å²) in [5, 5.41) is 7.22. The molecule has 0 aliphatic rings. The first-order valence-corrected chi connectivity index (χ1v) is 9.06. The highest BCUT2D eigenvalue weighted by Crippen LogP contribution is 2.32. The summed E-state index contributed by atoms with van der Waals surface area (Å²) in [6.45, 7) is 1.33. The van der Waals surface area contributed by atoms with Crippen LogP contribution in [0.5, 0.6) is 11.5 Å². The van der Waals surface area contributed by atoms with Crippen molar-refractivity contribution in [3.8, 4) is 22.1 Å². The van der Waals surface area contributed by atoms with Crippen molar-refractivity contribution < 1.29 is 14.2 Å². The molecule has 0 atom stereocenters. The van der Waals surface area contributed by atoms with Gasteiger partial charge < -0.3 is 24.8 Å². The molecule has 27 heavy (non-hydrogen) atoms. The van der Waals surface area contributed by atoms with Gasteiger partial charge in [0, 0.05) is 32.1 Å². The first-order valence-electron chi connectivity index (χ1n) is 8.24. The van der Waals surface area contributed by atoms with Gasteiger partial charge in [0.2, 0.25) is 5.95 Å². The van der Waals surface area contributed by atoms with Crippen LogP contribution in [0.3, 0.4) is 0 Å². The number of nitrogens with one attached hydrogen (secondary N) is 2. The minimum atomic E-state index is 0.460. The number of aromatic nitrogens is 3. The Labute approximate surface area is 161 Å². The third-order valence-corrected chi connectivity index (χ3v) is 4.63. The van der Waals surface area contributed by atoms with E-state index < -0.39 is 0 Å². The summed E-state index contributed by atoms with van der Waals surface area (Å²) in [6.07, 6.45) is 3.49. The number of hydrogen-bond acceptors (Lipinski definition) is 9. The molecule has 0 aliphatic heterocycles. The first-order chi connectivity index (χ1) is 13.2. The Kier molecular flexibility index (Phi) is 6.39. The number of hydrogen-bond donors (Lipinski definition) is 2. The Morgan fingerprint density at radius 1 is 1.07 bits per heavy atom. The van der Waals surface area contributed by atoms with Gasteiger partial charge in [0.15, 0.2) is 5.13 Å². The van der Waals surface area contributed by atoms with Crippen LogP contribution in [0.15, 0.2) is 36.7 Å². The van der Waals surface area contributed by atoms with Gasteiger partial charge in [0.25, 0.3) is 0 Å². The Morgan fingerprint density at radius 3 is 2.74 bits per heavy atom. The molecule has 0 bridgehead atoms. The molecule has 0 spiro atoms. The predicted molar refractivity (Wildman–Crippen MR) is 106 cm³/mol. The van der Waals surface area contributed by atoms with Gasteiger partial charge in [-0.1, -0.05) is 11.3 Å². The Balaban J connectivity index is 1.78. The van der Waals surface area contributed by atoms with Crippen LogP contribution in [-0.4, -0.2) is 49.4 Å². The van der Waals surface area contributed by atoms with Crippen LogP contribution in [-0.2, 0) is 4.74 Å². The monoisotopic (exact) mass is 387 g/mol. The van der Waals surface area contributed by atoms with Gasteiger partial charge in [-0.05, 0) is 18.2 Å². The highest BCUT2D eigenvalue weighted by molar-refractivity contribution is 7.18. The van der Waals surface area contributed by atoms with Gasteiger partial charge in [0.05, 0.1) is 37.1 Å². The van der Waals surface area contributed by atoms with Gasteiger partial charge in [-0.2, -0.15) is 0 Å². The fourth-order valence-electron chi connectivity index (χ4n) is 2.32. The van der Waals surface area contributed by atoms with E-state index in [9.17, 15) is 0 Å². The minimum absolute atomic E-state index is 0.460. The van der Waals surface area contributed by atoms with Crippen molar-refractivity contribution >= 4 is 28.1 Å². The Morgan fingerprint density at radius 2 is 1.96 bits per heavy atom. The van der Waals surface area contributed by atoms with Crippen molar-refractivity contribution in [1.29, 1.82) is 0 Å². The lowest BCUT2D eigenvalue weighted by Gasteiger charge is -2.11. The smallest absolute Gasteiger partial charge is 0.227 e. The maximum absolute atomic E-state index is 5.38. The van der Waals surface area contributed by atoms with Crippen molar-refractivity contribution in [2.45, 2.75) is 0 Å². The lowest BCUT2D eigenvalue weighted by Crippen LogP contribution is -2.06. The molecule has 0 amide bonds. The van der Waals surface area contributed by atoms with E-state index >= 15 is 0 Å². The molecule has 0 saturated heterocycles. The molecule has 0 fully saturated rings. The number of rotatable bonds is 9. The average molecular weight is 387 g/mol. The SMILES string of the molecule is COCCNc1ncc(-c2ccnc(Nc3cc(OC)ccc3OC)n2)s1. The molecule has 0 radical (unpaired) electrons. The van der Waals surface area contributed by atoms with Crippen molar-refractivity contribution in [3.63, 3.8) is 0 Å². The fraction of sp³-hybridized carbons (Fsp3) is 0.278. The number of methoxy groups -OCH3 is 3. The molecule has 0 saturated carbocycles. The van der Waals surface area contributed by atoms with E-state index in [0.29, 0.717) is 30.6 Å². The Hall–Kier alpha value is -2.91. The third kappa shape index (κ3) is 4.83. The fourth-order valence-corrected chi connectivity index (χ4v) is 3.13. The zero-order chi connectivity index (χ0) is 19.1. The van der Waals surface area contributed by atoms with Crippen LogP contribution in [0.2, 0.25) is 0 Å². The van der Waals surface area contributed by atoms with E-state index in [-0.39, 0.29) is 0 Å². The second kappa shape index (κ2) is 9.15.